The predicted octanol–water partition coefficient (Wildman–Crippen LogP) is 4.21. The maximum Gasteiger partial charge on any atom is 0.252 e. The first-order chi connectivity index (χ1) is 8.06. The van der Waals surface area contributed by atoms with E-state index in [0.29, 0.717) is 0 Å². The van der Waals surface area contributed by atoms with Crippen molar-refractivity contribution in [2.75, 3.05) is 0 Å². The molecule has 5 heteroatoms. The van der Waals surface area contributed by atoms with Crippen LogP contribution in [-0.4, -0.2) is 5.91 Å². The van der Waals surface area contributed by atoms with Gasteiger partial charge in [0.2, 0.25) is 0 Å². The highest BCUT2D eigenvalue weighted by atomic mass is 127. The molecule has 0 aliphatic rings. The molecular weight excluding hydrogens is 365 g/mol. The van der Waals surface area contributed by atoms with E-state index >= 15 is 0 Å². The van der Waals surface area contributed by atoms with Gasteiger partial charge in [0.15, 0.2) is 0 Å². The van der Waals surface area contributed by atoms with E-state index in [9.17, 15) is 4.79 Å². The van der Waals surface area contributed by atoms with E-state index in [1.807, 2.05) is 18.4 Å². The maximum absolute atomic E-state index is 11.9. The largest absolute Gasteiger partial charge is 0.345 e. The molecule has 0 spiro atoms. The van der Waals surface area contributed by atoms with Crippen LogP contribution in [0.25, 0.3) is 0 Å². The molecule has 2 aromatic heterocycles. The van der Waals surface area contributed by atoms with Gasteiger partial charge in [-0.05, 0) is 54.6 Å². The van der Waals surface area contributed by atoms with Gasteiger partial charge in [-0.3, -0.25) is 4.79 Å². The zero-order chi connectivity index (χ0) is 12.4. The fourth-order valence-electron chi connectivity index (χ4n) is 1.47. The molecule has 0 aliphatic carbocycles. The Morgan fingerprint density at radius 1 is 1.47 bits per heavy atom. The number of rotatable bonds is 3. The van der Waals surface area contributed by atoms with Crippen LogP contribution < -0.4 is 5.32 Å². The summed E-state index contributed by atoms with van der Waals surface area (Å²) >= 11 is 5.54. The van der Waals surface area contributed by atoms with Gasteiger partial charge in [0.25, 0.3) is 5.91 Å². The summed E-state index contributed by atoms with van der Waals surface area (Å²) in [5.74, 6) is 0.00252. The van der Waals surface area contributed by atoms with E-state index in [2.05, 4.69) is 47.0 Å². The quantitative estimate of drug-likeness (QED) is 0.798. The molecule has 0 radical (unpaired) electrons. The van der Waals surface area contributed by atoms with Crippen molar-refractivity contribution >= 4 is 51.2 Å². The molecule has 0 saturated carbocycles. The van der Waals surface area contributed by atoms with Gasteiger partial charge in [0.1, 0.15) is 0 Å². The number of amides is 1. The standard InChI is InChI=1S/C12H12INOS2/c1-7-3-4-10(17-7)8(2)14-12(15)9-5-11(13)16-6-9/h3-6,8H,1-2H3,(H,14,15). The van der Waals surface area contributed by atoms with Gasteiger partial charge in [-0.15, -0.1) is 22.7 Å². The highest BCUT2D eigenvalue weighted by Crippen LogP contribution is 2.23. The SMILES string of the molecule is Cc1ccc(C(C)NC(=O)c2csc(I)c2)s1. The molecule has 0 bridgehead atoms. The van der Waals surface area contributed by atoms with Crippen LogP contribution in [0.4, 0.5) is 0 Å². The van der Waals surface area contributed by atoms with Crippen LogP contribution in [-0.2, 0) is 0 Å². The number of nitrogens with one attached hydrogen (secondary N) is 1. The normalized spacial score (nSPS) is 12.4. The monoisotopic (exact) mass is 377 g/mol. The molecule has 2 aromatic rings. The average Bonchev–Trinajstić information content (AvgIpc) is 2.87. The van der Waals surface area contributed by atoms with Crippen molar-refractivity contribution in [2.45, 2.75) is 19.9 Å². The number of carbonyl (C=O) groups excluding carboxylic acids is 1. The fourth-order valence-corrected chi connectivity index (χ4v) is 3.67. The van der Waals surface area contributed by atoms with Crippen LogP contribution in [0.3, 0.4) is 0 Å². The fraction of sp³-hybridized carbons (Fsp3) is 0.250. The van der Waals surface area contributed by atoms with Gasteiger partial charge in [-0.25, -0.2) is 0 Å². The van der Waals surface area contributed by atoms with Crippen LogP contribution in [0.1, 0.15) is 33.1 Å². The summed E-state index contributed by atoms with van der Waals surface area (Å²) in [5.41, 5.74) is 0.750. The second kappa shape index (κ2) is 5.49. The summed E-state index contributed by atoms with van der Waals surface area (Å²) in [5, 5.41) is 4.91. The molecule has 1 atom stereocenters. The molecule has 1 N–H and O–H groups in total. The summed E-state index contributed by atoms with van der Waals surface area (Å²) < 4.78 is 1.13. The molecule has 2 nitrogen and oxygen atoms in total. The van der Waals surface area contributed by atoms with Crippen LogP contribution in [0.2, 0.25) is 0 Å². The molecule has 2 rings (SSSR count). The molecule has 90 valence electrons. The lowest BCUT2D eigenvalue weighted by molar-refractivity contribution is 0.0941. The van der Waals surface area contributed by atoms with Gasteiger partial charge in [-0.2, -0.15) is 0 Å². The number of halogens is 1. The molecule has 0 aromatic carbocycles. The summed E-state index contributed by atoms with van der Waals surface area (Å²) in [6, 6.07) is 6.13. The minimum absolute atomic E-state index is 0.00252. The Kier molecular flexibility index (Phi) is 4.22. The molecule has 0 saturated heterocycles. The summed E-state index contributed by atoms with van der Waals surface area (Å²) in [6.07, 6.45) is 0. The summed E-state index contributed by atoms with van der Waals surface area (Å²) in [4.78, 5) is 14.4. The molecule has 0 aliphatic heterocycles. The molecule has 1 amide bonds. The van der Waals surface area contributed by atoms with Gasteiger partial charge in [0, 0.05) is 15.1 Å². The topological polar surface area (TPSA) is 29.1 Å². The minimum atomic E-state index is 0.00252. The third kappa shape index (κ3) is 3.29. The van der Waals surface area contributed by atoms with E-state index < -0.39 is 0 Å². The Labute approximate surface area is 122 Å². The zero-order valence-corrected chi connectivity index (χ0v) is 13.3. The summed E-state index contributed by atoms with van der Waals surface area (Å²) in [6.45, 7) is 4.09. The number of thiophene rings is 2. The van der Waals surface area contributed by atoms with Gasteiger partial charge in [0.05, 0.1) is 14.5 Å². The first-order valence-corrected chi connectivity index (χ1v) is 7.95. The van der Waals surface area contributed by atoms with E-state index in [-0.39, 0.29) is 11.9 Å². The molecule has 0 fully saturated rings. The Hall–Kier alpha value is -0.400. The van der Waals surface area contributed by atoms with Crippen molar-refractivity contribution in [3.63, 3.8) is 0 Å². The van der Waals surface area contributed by atoms with Crippen molar-refractivity contribution in [1.82, 2.24) is 5.32 Å². The lowest BCUT2D eigenvalue weighted by atomic mass is 10.2. The third-order valence-electron chi connectivity index (χ3n) is 2.37. The minimum Gasteiger partial charge on any atom is -0.345 e. The Balaban J connectivity index is 2.04. The van der Waals surface area contributed by atoms with Crippen molar-refractivity contribution in [3.05, 3.63) is 41.8 Å². The second-order valence-electron chi connectivity index (χ2n) is 3.78. The second-order valence-corrected chi connectivity index (χ2v) is 7.91. The van der Waals surface area contributed by atoms with E-state index in [0.717, 1.165) is 8.45 Å². The number of aryl methyl sites for hydroxylation is 1. The van der Waals surface area contributed by atoms with E-state index in [1.165, 1.54) is 9.75 Å². The number of hydrogen-bond acceptors (Lipinski definition) is 3. The molecule has 2 heterocycles. The van der Waals surface area contributed by atoms with Crippen molar-refractivity contribution in [3.8, 4) is 0 Å². The Bertz CT molecular complexity index is 532. The van der Waals surface area contributed by atoms with E-state index in [1.54, 1.807) is 22.7 Å². The molecule has 17 heavy (non-hydrogen) atoms. The number of hydrogen-bond donors (Lipinski definition) is 1. The third-order valence-corrected chi connectivity index (χ3v) is 5.34. The van der Waals surface area contributed by atoms with Crippen molar-refractivity contribution in [1.29, 1.82) is 0 Å². The van der Waals surface area contributed by atoms with Gasteiger partial charge < -0.3 is 5.32 Å². The van der Waals surface area contributed by atoms with Crippen LogP contribution >= 0.6 is 45.3 Å². The average molecular weight is 377 g/mol. The maximum atomic E-state index is 11.9. The highest BCUT2D eigenvalue weighted by molar-refractivity contribution is 14.1. The Morgan fingerprint density at radius 2 is 2.24 bits per heavy atom. The summed E-state index contributed by atoms with van der Waals surface area (Å²) in [7, 11) is 0. The zero-order valence-electron chi connectivity index (χ0n) is 9.49. The first-order valence-electron chi connectivity index (χ1n) is 5.17. The smallest absolute Gasteiger partial charge is 0.252 e. The van der Waals surface area contributed by atoms with Crippen LogP contribution in [0.15, 0.2) is 23.6 Å². The van der Waals surface area contributed by atoms with Crippen molar-refractivity contribution in [2.24, 2.45) is 0 Å². The lowest BCUT2D eigenvalue weighted by Gasteiger charge is -2.11. The van der Waals surface area contributed by atoms with Gasteiger partial charge >= 0.3 is 0 Å². The van der Waals surface area contributed by atoms with Crippen molar-refractivity contribution < 1.29 is 4.79 Å². The number of carbonyl (C=O) groups is 1. The van der Waals surface area contributed by atoms with Crippen LogP contribution in [0.5, 0.6) is 0 Å². The van der Waals surface area contributed by atoms with Crippen LogP contribution in [0, 0.1) is 9.81 Å². The first kappa shape index (κ1) is 13.0. The predicted molar refractivity (Wildman–Crippen MR) is 82.0 cm³/mol. The van der Waals surface area contributed by atoms with E-state index in [4.69, 9.17) is 0 Å². The van der Waals surface area contributed by atoms with Gasteiger partial charge in [-0.1, -0.05) is 0 Å². The lowest BCUT2D eigenvalue weighted by Crippen LogP contribution is -2.25. The molecule has 1 unspecified atom stereocenters. The molecular formula is C12H12INOS2. The Morgan fingerprint density at radius 3 is 2.76 bits per heavy atom. The highest BCUT2D eigenvalue weighted by Gasteiger charge is 2.13.